The molecule has 3 rings (SSSR count). The molecule has 0 aliphatic carbocycles. The highest BCUT2D eigenvalue weighted by Gasteiger charge is 2.12. The first-order valence-corrected chi connectivity index (χ1v) is 6.64. The van der Waals surface area contributed by atoms with Crippen LogP contribution in [0.1, 0.15) is 0 Å². The summed E-state index contributed by atoms with van der Waals surface area (Å²) >= 11 is 0. The molecule has 0 amide bonds. The SMILES string of the molecule is COc1cc(OC)c2c(=O)[nH]c(-c3ccc(N)cc3)nc2c1. The van der Waals surface area contributed by atoms with Crippen LogP contribution in [0, 0.1) is 0 Å². The van der Waals surface area contributed by atoms with Crippen LogP contribution in [-0.2, 0) is 0 Å². The van der Waals surface area contributed by atoms with E-state index < -0.39 is 0 Å². The van der Waals surface area contributed by atoms with E-state index in [1.807, 2.05) is 0 Å². The molecule has 0 fully saturated rings. The molecule has 112 valence electrons. The summed E-state index contributed by atoms with van der Waals surface area (Å²) in [6, 6.07) is 10.5. The number of nitrogens with two attached hydrogens (primary N) is 1. The van der Waals surface area contributed by atoms with Crippen molar-refractivity contribution in [3.63, 3.8) is 0 Å². The highest BCUT2D eigenvalue weighted by molar-refractivity contribution is 5.87. The lowest BCUT2D eigenvalue weighted by Gasteiger charge is -2.09. The van der Waals surface area contributed by atoms with Gasteiger partial charge in [0.15, 0.2) is 0 Å². The van der Waals surface area contributed by atoms with Crippen LogP contribution in [0.5, 0.6) is 11.5 Å². The molecule has 0 aliphatic rings. The van der Waals surface area contributed by atoms with Gasteiger partial charge in [0.2, 0.25) is 0 Å². The number of anilines is 1. The van der Waals surface area contributed by atoms with E-state index in [-0.39, 0.29) is 5.56 Å². The fraction of sp³-hybridized carbons (Fsp3) is 0.125. The van der Waals surface area contributed by atoms with Crippen molar-refractivity contribution in [1.82, 2.24) is 9.97 Å². The van der Waals surface area contributed by atoms with Crippen LogP contribution >= 0.6 is 0 Å². The van der Waals surface area contributed by atoms with Gasteiger partial charge in [0.1, 0.15) is 22.7 Å². The molecule has 6 nitrogen and oxygen atoms in total. The Morgan fingerprint density at radius 2 is 1.82 bits per heavy atom. The number of fused-ring (bicyclic) bond motifs is 1. The molecular weight excluding hydrogens is 282 g/mol. The van der Waals surface area contributed by atoms with E-state index in [4.69, 9.17) is 15.2 Å². The van der Waals surface area contributed by atoms with E-state index in [1.165, 1.54) is 7.11 Å². The molecular formula is C16H15N3O3. The highest BCUT2D eigenvalue weighted by Crippen LogP contribution is 2.28. The minimum Gasteiger partial charge on any atom is -0.497 e. The summed E-state index contributed by atoms with van der Waals surface area (Å²) < 4.78 is 10.5. The van der Waals surface area contributed by atoms with Gasteiger partial charge in [-0.25, -0.2) is 4.98 Å². The van der Waals surface area contributed by atoms with Gasteiger partial charge in [-0.15, -0.1) is 0 Å². The fourth-order valence-corrected chi connectivity index (χ4v) is 2.27. The molecule has 0 saturated carbocycles. The molecule has 22 heavy (non-hydrogen) atoms. The number of aromatic nitrogens is 2. The molecule has 2 aromatic carbocycles. The second-order valence-corrected chi connectivity index (χ2v) is 4.76. The van der Waals surface area contributed by atoms with Crippen molar-refractivity contribution in [2.45, 2.75) is 0 Å². The number of methoxy groups -OCH3 is 2. The standard InChI is InChI=1S/C16H15N3O3/c1-21-11-7-12-14(13(8-11)22-2)16(20)19-15(18-12)9-3-5-10(17)6-4-9/h3-8H,17H2,1-2H3,(H,18,19,20). The zero-order valence-corrected chi connectivity index (χ0v) is 12.2. The third kappa shape index (κ3) is 2.35. The molecule has 0 bridgehead atoms. The summed E-state index contributed by atoms with van der Waals surface area (Å²) in [5.74, 6) is 1.46. The van der Waals surface area contributed by atoms with Gasteiger partial charge in [-0.1, -0.05) is 0 Å². The first-order valence-electron chi connectivity index (χ1n) is 6.64. The number of aromatic amines is 1. The van der Waals surface area contributed by atoms with Gasteiger partial charge in [0.05, 0.1) is 19.7 Å². The summed E-state index contributed by atoms with van der Waals surface area (Å²) in [4.78, 5) is 19.6. The van der Waals surface area contributed by atoms with Crippen molar-refractivity contribution in [3.8, 4) is 22.9 Å². The monoisotopic (exact) mass is 297 g/mol. The summed E-state index contributed by atoms with van der Waals surface area (Å²) in [7, 11) is 3.05. The number of nitrogens with one attached hydrogen (secondary N) is 1. The van der Waals surface area contributed by atoms with E-state index in [9.17, 15) is 4.79 Å². The second-order valence-electron chi connectivity index (χ2n) is 4.76. The Labute approximate surface area is 126 Å². The molecule has 0 radical (unpaired) electrons. The van der Waals surface area contributed by atoms with Crippen LogP contribution < -0.4 is 20.8 Å². The zero-order valence-electron chi connectivity index (χ0n) is 12.2. The highest BCUT2D eigenvalue weighted by atomic mass is 16.5. The molecule has 0 aliphatic heterocycles. The molecule has 1 aromatic heterocycles. The van der Waals surface area contributed by atoms with E-state index in [1.54, 1.807) is 43.5 Å². The molecule has 3 N–H and O–H groups in total. The van der Waals surface area contributed by atoms with Crippen LogP contribution in [0.3, 0.4) is 0 Å². The van der Waals surface area contributed by atoms with Gasteiger partial charge in [0, 0.05) is 23.4 Å². The lowest BCUT2D eigenvalue weighted by molar-refractivity contribution is 0.397. The third-order valence-corrected chi connectivity index (χ3v) is 3.39. The third-order valence-electron chi connectivity index (χ3n) is 3.39. The van der Waals surface area contributed by atoms with Gasteiger partial charge in [-0.3, -0.25) is 4.79 Å². The normalized spacial score (nSPS) is 10.6. The minimum atomic E-state index is -0.267. The molecule has 1 heterocycles. The summed E-state index contributed by atoms with van der Waals surface area (Å²) in [5, 5.41) is 0.391. The van der Waals surface area contributed by atoms with E-state index in [2.05, 4.69) is 9.97 Å². The lowest BCUT2D eigenvalue weighted by atomic mass is 10.1. The predicted octanol–water partition coefficient (Wildman–Crippen LogP) is 2.19. The quantitative estimate of drug-likeness (QED) is 0.723. The Hall–Kier alpha value is -3.02. The number of benzene rings is 2. The van der Waals surface area contributed by atoms with Crippen LogP contribution in [0.15, 0.2) is 41.2 Å². The van der Waals surface area contributed by atoms with Crippen LogP contribution in [0.25, 0.3) is 22.3 Å². The topological polar surface area (TPSA) is 90.2 Å². The van der Waals surface area contributed by atoms with Crippen molar-refractivity contribution >= 4 is 16.6 Å². The Balaban J connectivity index is 2.27. The van der Waals surface area contributed by atoms with Gasteiger partial charge in [0.25, 0.3) is 5.56 Å². The Kier molecular flexibility index (Phi) is 3.42. The van der Waals surface area contributed by atoms with Gasteiger partial charge < -0.3 is 20.2 Å². The van der Waals surface area contributed by atoms with Crippen molar-refractivity contribution in [3.05, 3.63) is 46.8 Å². The average Bonchev–Trinajstić information content (AvgIpc) is 2.54. The lowest BCUT2D eigenvalue weighted by Crippen LogP contribution is -2.11. The number of hydrogen-bond donors (Lipinski definition) is 2. The number of nitrogens with zero attached hydrogens (tertiary/aromatic N) is 1. The Morgan fingerprint density at radius 1 is 1.09 bits per heavy atom. The summed E-state index contributed by atoms with van der Waals surface area (Å²) in [6.45, 7) is 0. The van der Waals surface area contributed by atoms with Crippen molar-refractivity contribution < 1.29 is 9.47 Å². The van der Waals surface area contributed by atoms with Crippen molar-refractivity contribution in [1.29, 1.82) is 0 Å². The predicted molar refractivity (Wildman–Crippen MR) is 85.3 cm³/mol. The largest absolute Gasteiger partial charge is 0.497 e. The maximum absolute atomic E-state index is 12.4. The van der Waals surface area contributed by atoms with Gasteiger partial charge >= 0.3 is 0 Å². The Bertz CT molecular complexity index is 886. The smallest absolute Gasteiger partial charge is 0.262 e. The fourth-order valence-electron chi connectivity index (χ4n) is 2.27. The average molecular weight is 297 g/mol. The zero-order chi connectivity index (χ0) is 15.7. The number of rotatable bonds is 3. The maximum atomic E-state index is 12.4. The second kappa shape index (κ2) is 5.40. The van der Waals surface area contributed by atoms with E-state index >= 15 is 0 Å². The molecule has 3 aromatic rings. The van der Waals surface area contributed by atoms with Crippen LogP contribution in [-0.4, -0.2) is 24.2 Å². The first kappa shape index (κ1) is 13.9. The molecule has 0 saturated heterocycles. The number of nitrogen functional groups attached to an aromatic ring is 1. The number of hydrogen-bond acceptors (Lipinski definition) is 5. The molecule has 0 spiro atoms. The molecule has 6 heteroatoms. The van der Waals surface area contributed by atoms with Crippen LogP contribution in [0.4, 0.5) is 5.69 Å². The summed E-state index contributed by atoms with van der Waals surface area (Å²) in [5.41, 5.74) is 7.34. The summed E-state index contributed by atoms with van der Waals surface area (Å²) in [6.07, 6.45) is 0. The van der Waals surface area contributed by atoms with E-state index in [0.717, 1.165) is 5.56 Å². The van der Waals surface area contributed by atoms with Gasteiger partial charge in [-0.05, 0) is 24.3 Å². The van der Waals surface area contributed by atoms with Crippen molar-refractivity contribution in [2.75, 3.05) is 20.0 Å². The number of ether oxygens (including phenoxy) is 2. The molecule has 0 unspecified atom stereocenters. The van der Waals surface area contributed by atoms with E-state index in [0.29, 0.717) is 33.9 Å². The maximum Gasteiger partial charge on any atom is 0.262 e. The Morgan fingerprint density at radius 3 is 2.45 bits per heavy atom. The first-order chi connectivity index (χ1) is 10.6. The van der Waals surface area contributed by atoms with Crippen LogP contribution in [0.2, 0.25) is 0 Å². The van der Waals surface area contributed by atoms with Gasteiger partial charge in [-0.2, -0.15) is 0 Å². The van der Waals surface area contributed by atoms with Crippen molar-refractivity contribution in [2.24, 2.45) is 0 Å². The number of H-pyrrole nitrogens is 1. The minimum absolute atomic E-state index is 0.267. The molecule has 0 atom stereocenters.